The lowest BCUT2D eigenvalue weighted by molar-refractivity contribution is -0.0363. The first-order chi connectivity index (χ1) is 13.2. The minimum atomic E-state index is -0.775. The van der Waals surface area contributed by atoms with Gasteiger partial charge >= 0.3 is 0 Å². The smallest absolute Gasteiger partial charge is 0.0796 e. The molecular weight excluding hydrogens is 332 g/mol. The van der Waals surface area contributed by atoms with Crippen molar-refractivity contribution >= 4 is 0 Å². The van der Waals surface area contributed by atoms with Crippen LogP contribution in [0.5, 0.6) is 0 Å². The first-order valence-corrected chi connectivity index (χ1v) is 9.69. The van der Waals surface area contributed by atoms with Crippen LogP contribution >= 0.6 is 0 Å². The first kappa shape index (κ1) is 17.9. The van der Waals surface area contributed by atoms with Crippen LogP contribution < -0.4 is 0 Å². The number of aromatic nitrogens is 1. The standard InChI is InChI=1S/C24H26N2O/c27-24(14-17-26(18-15-24)19-20-9-3-1-4-10-20)23(21-11-5-2-6-12-21)22-13-7-8-16-25-22/h1-13,16,23,27H,14-15,17-19H2/t23-/m1/s1. The lowest BCUT2D eigenvalue weighted by Gasteiger charge is -2.43. The zero-order valence-electron chi connectivity index (χ0n) is 15.5. The Morgan fingerprint density at radius 2 is 1.48 bits per heavy atom. The lowest BCUT2D eigenvalue weighted by Crippen LogP contribution is -2.48. The topological polar surface area (TPSA) is 36.4 Å². The molecule has 0 saturated carbocycles. The molecule has 2 aromatic carbocycles. The molecule has 0 bridgehead atoms. The Hall–Kier alpha value is -2.49. The van der Waals surface area contributed by atoms with Gasteiger partial charge in [0.05, 0.1) is 17.2 Å². The summed E-state index contributed by atoms with van der Waals surface area (Å²) in [5.74, 6) is -0.0984. The summed E-state index contributed by atoms with van der Waals surface area (Å²) in [5.41, 5.74) is 2.63. The highest BCUT2D eigenvalue weighted by atomic mass is 16.3. The van der Waals surface area contributed by atoms with Gasteiger partial charge in [-0.1, -0.05) is 66.7 Å². The zero-order valence-corrected chi connectivity index (χ0v) is 15.5. The van der Waals surface area contributed by atoms with Crippen LogP contribution in [0.1, 0.15) is 35.6 Å². The molecule has 0 spiro atoms. The number of benzene rings is 2. The van der Waals surface area contributed by atoms with Gasteiger partial charge in [0.15, 0.2) is 0 Å². The quantitative estimate of drug-likeness (QED) is 0.741. The predicted molar refractivity (Wildman–Crippen MR) is 108 cm³/mol. The maximum Gasteiger partial charge on any atom is 0.0796 e. The molecule has 3 nitrogen and oxygen atoms in total. The molecule has 0 radical (unpaired) electrons. The first-order valence-electron chi connectivity index (χ1n) is 9.69. The van der Waals surface area contributed by atoms with Crippen molar-refractivity contribution in [3.05, 3.63) is 102 Å². The monoisotopic (exact) mass is 358 g/mol. The summed E-state index contributed by atoms with van der Waals surface area (Å²) in [6.45, 7) is 2.72. The largest absolute Gasteiger partial charge is 0.389 e. The molecule has 1 aromatic heterocycles. The van der Waals surface area contributed by atoms with Crippen molar-refractivity contribution < 1.29 is 5.11 Å². The third-order valence-electron chi connectivity index (χ3n) is 5.62. The molecule has 0 amide bonds. The van der Waals surface area contributed by atoms with Crippen LogP contribution in [-0.4, -0.2) is 33.7 Å². The molecule has 138 valence electrons. The second-order valence-electron chi connectivity index (χ2n) is 7.46. The average Bonchev–Trinajstić information content (AvgIpc) is 2.72. The summed E-state index contributed by atoms with van der Waals surface area (Å²) in [4.78, 5) is 7.02. The van der Waals surface area contributed by atoms with E-state index in [-0.39, 0.29) is 5.92 Å². The van der Waals surface area contributed by atoms with Gasteiger partial charge in [-0.2, -0.15) is 0 Å². The van der Waals surface area contributed by atoms with Crippen molar-refractivity contribution in [1.29, 1.82) is 0 Å². The summed E-state index contributed by atoms with van der Waals surface area (Å²) < 4.78 is 0. The fourth-order valence-corrected chi connectivity index (χ4v) is 4.18. The van der Waals surface area contributed by atoms with Crippen LogP contribution in [-0.2, 0) is 6.54 Å². The van der Waals surface area contributed by atoms with E-state index in [2.05, 4.69) is 52.3 Å². The van der Waals surface area contributed by atoms with Gasteiger partial charge < -0.3 is 5.11 Å². The van der Waals surface area contributed by atoms with Crippen molar-refractivity contribution in [2.24, 2.45) is 0 Å². The zero-order chi connectivity index (χ0) is 18.5. The van der Waals surface area contributed by atoms with Gasteiger partial charge in [-0.05, 0) is 36.1 Å². The minimum Gasteiger partial charge on any atom is -0.389 e. The Morgan fingerprint density at radius 3 is 2.11 bits per heavy atom. The van der Waals surface area contributed by atoms with E-state index in [1.165, 1.54) is 5.56 Å². The molecule has 2 heterocycles. The molecule has 1 N–H and O–H groups in total. The number of likely N-dealkylation sites (tertiary alicyclic amines) is 1. The Kier molecular flexibility index (Phi) is 5.33. The van der Waals surface area contributed by atoms with E-state index in [1.807, 2.05) is 42.6 Å². The highest BCUT2D eigenvalue weighted by Crippen LogP contribution is 2.40. The van der Waals surface area contributed by atoms with Gasteiger partial charge in [-0.15, -0.1) is 0 Å². The molecule has 1 aliphatic heterocycles. The predicted octanol–water partition coefficient (Wildman–Crippen LogP) is 4.24. The maximum absolute atomic E-state index is 11.7. The lowest BCUT2D eigenvalue weighted by atomic mass is 9.74. The minimum absolute atomic E-state index is 0.0984. The van der Waals surface area contributed by atoms with Gasteiger partial charge in [0.2, 0.25) is 0 Å². The Bertz CT molecular complexity index is 789. The SMILES string of the molecule is OC1([C@H](c2ccccc2)c2ccccn2)CCN(Cc2ccccc2)CC1. The van der Waals surface area contributed by atoms with Gasteiger partial charge in [-0.25, -0.2) is 0 Å². The molecule has 3 heteroatoms. The number of nitrogens with zero attached hydrogens (tertiary/aromatic N) is 2. The van der Waals surface area contributed by atoms with Crippen LogP contribution in [0.25, 0.3) is 0 Å². The van der Waals surface area contributed by atoms with Crippen LogP contribution in [0.15, 0.2) is 85.1 Å². The van der Waals surface area contributed by atoms with Crippen LogP contribution in [0.3, 0.4) is 0 Å². The summed E-state index contributed by atoms with van der Waals surface area (Å²) >= 11 is 0. The molecule has 3 aromatic rings. The molecule has 0 aliphatic carbocycles. The van der Waals surface area contributed by atoms with Gasteiger partial charge in [0, 0.05) is 25.8 Å². The molecule has 1 atom stereocenters. The van der Waals surface area contributed by atoms with Gasteiger partial charge in [0.1, 0.15) is 0 Å². The Balaban J connectivity index is 1.54. The van der Waals surface area contributed by atoms with Crippen LogP contribution in [0.2, 0.25) is 0 Å². The number of hydrogen-bond donors (Lipinski definition) is 1. The van der Waals surface area contributed by atoms with Crippen molar-refractivity contribution in [3.8, 4) is 0 Å². The van der Waals surface area contributed by atoms with E-state index in [4.69, 9.17) is 0 Å². The van der Waals surface area contributed by atoms with Crippen LogP contribution in [0, 0.1) is 0 Å². The van der Waals surface area contributed by atoms with Crippen molar-refractivity contribution in [2.75, 3.05) is 13.1 Å². The number of hydrogen-bond acceptors (Lipinski definition) is 3. The normalized spacial score (nSPS) is 18.1. The van der Waals surface area contributed by atoms with E-state index >= 15 is 0 Å². The number of piperidine rings is 1. The molecule has 1 fully saturated rings. The van der Waals surface area contributed by atoms with E-state index < -0.39 is 5.60 Å². The third-order valence-corrected chi connectivity index (χ3v) is 5.62. The molecule has 0 unspecified atom stereocenters. The summed E-state index contributed by atoms with van der Waals surface area (Å²) in [7, 11) is 0. The highest BCUT2D eigenvalue weighted by molar-refractivity contribution is 5.32. The van der Waals surface area contributed by atoms with Crippen molar-refractivity contribution in [1.82, 2.24) is 9.88 Å². The molecule has 1 saturated heterocycles. The Labute approximate surface area is 161 Å². The highest BCUT2D eigenvalue weighted by Gasteiger charge is 2.42. The third kappa shape index (κ3) is 4.10. The summed E-state index contributed by atoms with van der Waals surface area (Å²) in [6, 6.07) is 26.8. The number of pyridine rings is 1. The average molecular weight is 358 g/mol. The summed E-state index contributed by atoms with van der Waals surface area (Å²) in [6.07, 6.45) is 3.31. The second-order valence-corrected chi connectivity index (χ2v) is 7.46. The molecule has 4 rings (SSSR count). The molecule has 27 heavy (non-hydrogen) atoms. The number of aliphatic hydroxyl groups is 1. The second kappa shape index (κ2) is 8.03. The van der Waals surface area contributed by atoms with E-state index in [0.29, 0.717) is 0 Å². The van der Waals surface area contributed by atoms with E-state index in [9.17, 15) is 5.11 Å². The van der Waals surface area contributed by atoms with Crippen molar-refractivity contribution in [3.63, 3.8) is 0 Å². The molecular formula is C24H26N2O. The summed E-state index contributed by atoms with van der Waals surface area (Å²) in [5, 5.41) is 11.7. The van der Waals surface area contributed by atoms with Gasteiger partial charge in [0.25, 0.3) is 0 Å². The fraction of sp³-hybridized carbons (Fsp3) is 0.292. The van der Waals surface area contributed by atoms with Crippen molar-refractivity contribution in [2.45, 2.75) is 30.9 Å². The molecule has 1 aliphatic rings. The maximum atomic E-state index is 11.7. The van der Waals surface area contributed by atoms with Gasteiger partial charge in [-0.3, -0.25) is 9.88 Å². The Morgan fingerprint density at radius 1 is 0.852 bits per heavy atom. The number of rotatable bonds is 5. The van der Waals surface area contributed by atoms with E-state index in [1.54, 1.807) is 0 Å². The van der Waals surface area contributed by atoms with Crippen LogP contribution in [0.4, 0.5) is 0 Å². The fourth-order valence-electron chi connectivity index (χ4n) is 4.18. The van der Waals surface area contributed by atoms with E-state index in [0.717, 1.165) is 43.7 Å².